The summed E-state index contributed by atoms with van der Waals surface area (Å²) in [7, 11) is 0. The summed E-state index contributed by atoms with van der Waals surface area (Å²) in [5.41, 5.74) is 0. The van der Waals surface area contributed by atoms with E-state index in [1.54, 1.807) is 0 Å². The van der Waals surface area contributed by atoms with Crippen LogP contribution in [0.3, 0.4) is 0 Å². The summed E-state index contributed by atoms with van der Waals surface area (Å²) in [5, 5.41) is 0. The van der Waals surface area contributed by atoms with Crippen molar-refractivity contribution in [1.82, 2.24) is 4.67 Å². The number of hydrogen-bond donors (Lipinski definition) is 0. The van der Waals surface area contributed by atoms with Crippen LogP contribution in [0.15, 0.2) is 0 Å². The van der Waals surface area contributed by atoms with Crippen LogP contribution >= 0.6 is 6.98 Å². The second-order valence-electron chi connectivity index (χ2n) is 2.64. The van der Waals surface area contributed by atoms with E-state index in [-0.39, 0.29) is 0 Å². The number of rotatable bonds is 3. The van der Waals surface area contributed by atoms with Gasteiger partial charge < -0.3 is 0 Å². The number of hydrogen-bond acceptors (Lipinski definition) is 1. The van der Waals surface area contributed by atoms with Crippen LogP contribution in [-0.4, -0.2) is 16.8 Å². The summed E-state index contributed by atoms with van der Waals surface area (Å²) in [4.78, 5) is 0. The molecule has 0 aliphatic heterocycles. The molecule has 0 atom stereocenters. The van der Waals surface area contributed by atoms with Crippen molar-refractivity contribution in [2.75, 3.05) is 0 Å². The fraction of sp³-hybridized carbons (Fsp3) is 0.600. The second kappa shape index (κ2) is 36.0. The van der Waals surface area contributed by atoms with Gasteiger partial charge in [0.25, 0.3) is 0 Å². The van der Waals surface area contributed by atoms with Gasteiger partial charge >= 0.3 is 112 Å². The molecule has 0 aliphatic carbocycles. The molecule has 96 valence electrons. The molecule has 0 aromatic carbocycles. The molecular formula is C10H14FeNO4P. The van der Waals surface area contributed by atoms with Crippen molar-refractivity contribution < 1.29 is 33.7 Å². The van der Waals surface area contributed by atoms with Crippen LogP contribution in [0.25, 0.3) is 0 Å². The van der Waals surface area contributed by atoms with Gasteiger partial charge in [0.15, 0.2) is 0 Å². The van der Waals surface area contributed by atoms with Crippen molar-refractivity contribution in [2.45, 2.75) is 39.8 Å². The molecule has 17 heavy (non-hydrogen) atoms. The van der Waals surface area contributed by atoms with Crippen LogP contribution in [0.4, 0.5) is 0 Å². The Labute approximate surface area is 112 Å². The standard InChI is InChI=1S/C6H14NP.4CO.Fe/c1-5(2)7(8)6(3)4;4*1-2;/h5-6H,1-4H3;;;;;. The Kier molecular flexibility index (Phi) is 63.8. The molecule has 0 spiro atoms. The zero-order valence-electron chi connectivity index (χ0n) is 10.0. The first-order valence-electron chi connectivity index (χ1n) is 4.00. The molecule has 0 unspecified atom stereocenters. The van der Waals surface area contributed by atoms with Crippen molar-refractivity contribution >= 4 is 6.98 Å². The third kappa shape index (κ3) is 31.3. The molecule has 5 nitrogen and oxygen atoms in total. The Morgan fingerprint density at radius 1 is 0.765 bits per heavy atom. The molecular weight excluding hydrogens is 285 g/mol. The van der Waals surface area contributed by atoms with Crippen molar-refractivity contribution in [3.05, 3.63) is 26.6 Å². The van der Waals surface area contributed by atoms with Crippen LogP contribution in [-0.2, 0) is 33.7 Å². The molecule has 0 N–H and O–H groups in total. The van der Waals surface area contributed by atoms with Gasteiger partial charge in [-0.2, -0.15) is 0 Å². The zero-order valence-corrected chi connectivity index (χ0v) is 12.0. The molecule has 7 heteroatoms. The molecule has 0 heterocycles. The van der Waals surface area contributed by atoms with Gasteiger partial charge in [0, 0.05) is 0 Å². The first-order valence-corrected chi connectivity index (χ1v) is 6.20. The van der Waals surface area contributed by atoms with Crippen molar-refractivity contribution in [3.63, 3.8) is 0 Å². The van der Waals surface area contributed by atoms with E-state index in [2.05, 4.69) is 74.1 Å². The maximum absolute atomic E-state index is 7.50. The van der Waals surface area contributed by atoms with Gasteiger partial charge in [-0.1, -0.05) is 0 Å². The van der Waals surface area contributed by atoms with Gasteiger partial charge in [-0.15, -0.1) is 0 Å². The third-order valence-corrected chi connectivity index (χ3v) is 2.99. The second-order valence-corrected chi connectivity index (χ2v) is 3.90. The van der Waals surface area contributed by atoms with Gasteiger partial charge in [0.1, 0.15) is 0 Å². The Morgan fingerprint density at radius 2 is 0.941 bits per heavy atom. The molecule has 0 saturated carbocycles. The Bertz CT molecular complexity index is 191. The third-order valence-electron chi connectivity index (χ3n) is 1.14. The normalized spacial score (nSPS) is 7.06. The van der Waals surface area contributed by atoms with Gasteiger partial charge in [-0.3, -0.25) is 0 Å². The molecule has 0 radical (unpaired) electrons. The molecule has 0 aromatic rings. The average molecular weight is 299 g/mol. The topological polar surface area (TPSA) is 82.8 Å². The average Bonchev–Trinajstić information content (AvgIpc) is 2.39. The van der Waals surface area contributed by atoms with E-state index in [0.29, 0.717) is 12.1 Å². The van der Waals surface area contributed by atoms with Crippen molar-refractivity contribution in [1.29, 1.82) is 0 Å². The first-order chi connectivity index (χ1) is 8.09. The van der Waals surface area contributed by atoms with E-state index in [1.165, 1.54) is 0 Å². The summed E-state index contributed by atoms with van der Waals surface area (Å²) in [5.74, 6) is 0. The number of nitrogens with zero attached hydrogens (tertiary/aromatic N) is 1. The first kappa shape index (κ1) is 30.1. The molecule has 0 aliphatic rings. The minimum atomic E-state index is 0.615. The maximum atomic E-state index is 7.50. The summed E-state index contributed by atoms with van der Waals surface area (Å²) in [6, 6.07) is 1.23. The van der Waals surface area contributed by atoms with E-state index >= 15 is 0 Å². The fourth-order valence-corrected chi connectivity index (χ4v) is 2.62. The van der Waals surface area contributed by atoms with E-state index in [9.17, 15) is 0 Å². The van der Waals surface area contributed by atoms with Crippen molar-refractivity contribution in [3.8, 4) is 0 Å². The molecule has 0 bridgehead atoms. The SMILES string of the molecule is CC(C)N([P]=[Fe])C(C)C.[C-]#[O+].[C-]#[O+].[C-]#[O+].[C-]#[O+]. The fourth-order valence-electron chi connectivity index (χ4n) is 0.760. The van der Waals surface area contributed by atoms with Gasteiger partial charge in [-0.05, 0) is 0 Å². The van der Waals surface area contributed by atoms with Gasteiger partial charge in [0.05, 0.1) is 0 Å². The summed E-state index contributed by atoms with van der Waals surface area (Å²) >= 11 is 3.83. The zero-order chi connectivity index (χ0) is 15.4. The van der Waals surface area contributed by atoms with E-state index in [0.717, 1.165) is 6.98 Å². The van der Waals surface area contributed by atoms with Crippen LogP contribution in [0.2, 0.25) is 0 Å². The molecule has 0 saturated heterocycles. The molecule has 0 rings (SSSR count). The summed E-state index contributed by atoms with van der Waals surface area (Å²) < 4.78 is 32.3. The van der Waals surface area contributed by atoms with Gasteiger partial charge in [-0.25, -0.2) is 0 Å². The Morgan fingerprint density at radius 3 is 0.941 bits per heavy atom. The predicted octanol–water partition coefficient (Wildman–Crippen LogP) is 2.28. The summed E-state index contributed by atoms with van der Waals surface area (Å²) in [6.07, 6.45) is 0. The van der Waals surface area contributed by atoms with E-state index in [1.807, 2.05) is 0 Å². The molecule has 0 aromatic heterocycles. The Balaban J connectivity index is -0.0000000507. The van der Waals surface area contributed by atoms with Crippen LogP contribution in [0.5, 0.6) is 0 Å². The molecule has 0 fully saturated rings. The predicted molar refractivity (Wildman–Crippen MR) is 54.7 cm³/mol. The van der Waals surface area contributed by atoms with Gasteiger partial charge in [0.2, 0.25) is 0 Å². The van der Waals surface area contributed by atoms with Crippen LogP contribution in [0.1, 0.15) is 27.7 Å². The van der Waals surface area contributed by atoms with E-state index in [4.69, 9.17) is 18.6 Å². The Hall–Kier alpha value is -0.261. The summed E-state index contributed by atoms with van der Waals surface area (Å²) in [6.45, 7) is 27.9. The van der Waals surface area contributed by atoms with Crippen molar-refractivity contribution in [2.24, 2.45) is 0 Å². The van der Waals surface area contributed by atoms with Crippen LogP contribution < -0.4 is 0 Å². The quantitative estimate of drug-likeness (QED) is 0.340. The monoisotopic (exact) mass is 299 g/mol. The van der Waals surface area contributed by atoms with Crippen LogP contribution in [0, 0.1) is 26.6 Å². The van der Waals surface area contributed by atoms with E-state index < -0.39 is 0 Å². The minimum absolute atomic E-state index is 0.615. The molecule has 0 amide bonds.